The number of halogens is 1. The van der Waals surface area contributed by atoms with Crippen molar-refractivity contribution in [2.75, 3.05) is 19.6 Å². The van der Waals surface area contributed by atoms with Crippen LogP contribution in [0.5, 0.6) is 0 Å². The number of nitrogens with one attached hydrogen (secondary N) is 2. The Labute approximate surface area is 123 Å². The zero-order valence-electron chi connectivity index (χ0n) is 10.9. The molecule has 0 fully saturated rings. The molecule has 20 heavy (non-hydrogen) atoms. The van der Waals surface area contributed by atoms with Gasteiger partial charge in [-0.1, -0.05) is 11.6 Å². The van der Waals surface area contributed by atoms with Crippen LogP contribution in [0.15, 0.2) is 23.1 Å². The van der Waals surface area contributed by atoms with Gasteiger partial charge in [0, 0.05) is 19.6 Å². The van der Waals surface area contributed by atoms with Crippen molar-refractivity contribution in [3.05, 3.63) is 28.8 Å². The van der Waals surface area contributed by atoms with Crippen LogP contribution in [-0.4, -0.2) is 39.3 Å². The van der Waals surface area contributed by atoms with Crippen LogP contribution < -0.4 is 10.0 Å². The van der Waals surface area contributed by atoms with Crippen molar-refractivity contribution in [2.45, 2.75) is 17.9 Å². The molecule has 0 saturated heterocycles. The van der Waals surface area contributed by atoms with Crippen LogP contribution in [0, 0.1) is 11.3 Å². The van der Waals surface area contributed by atoms with Crippen LogP contribution >= 0.6 is 11.6 Å². The third-order valence-corrected chi connectivity index (χ3v) is 4.33. The van der Waals surface area contributed by atoms with Gasteiger partial charge in [-0.2, -0.15) is 5.26 Å². The first-order chi connectivity index (χ1) is 9.36. The molecule has 0 aliphatic carbocycles. The normalized spacial score (nSPS) is 12.9. The fraction of sp³-hybridized carbons (Fsp3) is 0.417. The van der Waals surface area contributed by atoms with E-state index in [-0.39, 0.29) is 22.0 Å². The van der Waals surface area contributed by atoms with E-state index in [1.165, 1.54) is 18.2 Å². The zero-order valence-corrected chi connectivity index (χ0v) is 12.5. The van der Waals surface area contributed by atoms with E-state index in [0.717, 1.165) is 0 Å². The lowest BCUT2D eigenvalue weighted by Crippen LogP contribution is -2.34. The average molecular weight is 318 g/mol. The zero-order chi connectivity index (χ0) is 15.2. The summed E-state index contributed by atoms with van der Waals surface area (Å²) in [6.07, 6.45) is -0.492. The van der Waals surface area contributed by atoms with Crippen molar-refractivity contribution in [2.24, 2.45) is 0 Å². The summed E-state index contributed by atoms with van der Waals surface area (Å²) < 4.78 is 26.4. The molecule has 0 spiro atoms. The Morgan fingerprint density at radius 3 is 2.75 bits per heavy atom. The van der Waals surface area contributed by atoms with Crippen molar-refractivity contribution < 1.29 is 13.5 Å². The minimum atomic E-state index is -3.76. The lowest BCUT2D eigenvalue weighted by atomic mass is 10.2. The first kappa shape index (κ1) is 16.9. The molecule has 3 N–H and O–H groups in total. The second kappa shape index (κ2) is 7.57. The first-order valence-electron chi connectivity index (χ1n) is 5.95. The predicted molar refractivity (Wildman–Crippen MR) is 75.9 cm³/mol. The van der Waals surface area contributed by atoms with Gasteiger partial charge in [-0.15, -0.1) is 0 Å². The molecular weight excluding hydrogens is 302 g/mol. The molecule has 8 heteroatoms. The standard InChI is InChI=1S/C12H16ClN3O3S/c1-9(17)8-15-4-5-16-20(18,19)12-6-10(7-14)2-3-11(12)13/h2-3,6,9,15-17H,4-5,8H2,1H3. The molecule has 0 amide bonds. The molecule has 110 valence electrons. The van der Waals surface area contributed by atoms with E-state index >= 15 is 0 Å². The third-order valence-electron chi connectivity index (χ3n) is 2.38. The second-order valence-electron chi connectivity index (χ2n) is 4.21. The van der Waals surface area contributed by atoms with Gasteiger partial charge in [-0.05, 0) is 25.1 Å². The van der Waals surface area contributed by atoms with Crippen LogP contribution in [0.4, 0.5) is 0 Å². The topological polar surface area (TPSA) is 102 Å². The SMILES string of the molecule is CC(O)CNCCNS(=O)(=O)c1cc(C#N)ccc1Cl. The number of sulfonamides is 1. The molecule has 1 unspecified atom stereocenters. The van der Waals surface area contributed by atoms with Gasteiger partial charge in [0.25, 0.3) is 0 Å². The summed E-state index contributed by atoms with van der Waals surface area (Å²) in [5.41, 5.74) is 0.224. The van der Waals surface area contributed by atoms with Gasteiger partial charge in [-0.3, -0.25) is 0 Å². The first-order valence-corrected chi connectivity index (χ1v) is 7.81. The summed E-state index contributed by atoms with van der Waals surface area (Å²) in [5, 5.41) is 20.8. The number of hydrogen-bond acceptors (Lipinski definition) is 5. The van der Waals surface area contributed by atoms with Crippen LogP contribution in [0.25, 0.3) is 0 Å². The summed E-state index contributed by atoms with van der Waals surface area (Å²) in [6, 6.07) is 5.92. The highest BCUT2D eigenvalue weighted by Crippen LogP contribution is 2.22. The Balaban J connectivity index is 2.67. The van der Waals surface area contributed by atoms with Crippen molar-refractivity contribution in [1.29, 1.82) is 5.26 Å². The molecule has 0 aromatic heterocycles. The van der Waals surface area contributed by atoms with Gasteiger partial charge in [0.15, 0.2) is 0 Å². The molecule has 1 atom stereocenters. The average Bonchev–Trinajstić information content (AvgIpc) is 2.38. The van der Waals surface area contributed by atoms with Gasteiger partial charge < -0.3 is 10.4 Å². The largest absolute Gasteiger partial charge is 0.392 e. The summed E-state index contributed by atoms with van der Waals surface area (Å²) >= 11 is 5.84. The van der Waals surface area contributed by atoms with Crippen molar-refractivity contribution in [1.82, 2.24) is 10.0 Å². The molecule has 0 aliphatic rings. The van der Waals surface area contributed by atoms with E-state index in [1.54, 1.807) is 6.92 Å². The number of benzene rings is 1. The molecule has 0 saturated carbocycles. The Morgan fingerprint density at radius 2 is 2.15 bits per heavy atom. The highest BCUT2D eigenvalue weighted by Gasteiger charge is 2.17. The van der Waals surface area contributed by atoms with E-state index in [9.17, 15) is 8.42 Å². The molecule has 1 aromatic rings. The summed E-state index contributed by atoms with van der Waals surface area (Å²) in [7, 11) is -3.76. The van der Waals surface area contributed by atoms with Crippen LogP contribution in [0.2, 0.25) is 5.02 Å². The predicted octanol–water partition coefficient (Wildman–Crippen LogP) is 0.460. The van der Waals surface area contributed by atoms with E-state index in [0.29, 0.717) is 13.1 Å². The van der Waals surface area contributed by atoms with Gasteiger partial charge in [0.05, 0.1) is 22.8 Å². The molecule has 1 aromatic carbocycles. The van der Waals surface area contributed by atoms with Crippen LogP contribution in [0.1, 0.15) is 12.5 Å². The quantitative estimate of drug-likeness (QED) is 0.634. The second-order valence-corrected chi connectivity index (χ2v) is 6.35. The van der Waals surface area contributed by atoms with E-state index in [1.807, 2.05) is 6.07 Å². The lowest BCUT2D eigenvalue weighted by Gasteiger charge is -2.10. The molecule has 0 bridgehead atoms. The van der Waals surface area contributed by atoms with Gasteiger partial charge in [0.1, 0.15) is 4.90 Å². The fourth-order valence-electron chi connectivity index (χ4n) is 1.44. The Bertz CT molecular complexity index is 596. The Kier molecular flexibility index (Phi) is 6.39. The summed E-state index contributed by atoms with van der Waals surface area (Å²) in [5.74, 6) is 0. The smallest absolute Gasteiger partial charge is 0.242 e. The third kappa shape index (κ3) is 5.07. The van der Waals surface area contributed by atoms with E-state index in [4.69, 9.17) is 22.0 Å². The number of nitrogens with zero attached hydrogens (tertiary/aromatic N) is 1. The Morgan fingerprint density at radius 1 is 1.45 bits per heavy atom. The minimum Gasteiger partial charge on any atom is -0.392 e. The van der Waals surface area contributed by atoms with Crippen molar-refractivity contribution in [3.8, 4) is 6.07 Å². The number of rotatable bonds is 7. The highest BCUT2D eigenvalue weighted by molar-refractivity contribution is 7.89. The summed E-state index contributed by atoms with van der Waals surface area (Å²) in [6.45, 7) is 2.54. The monoisotopic (exact) mass is 317 g/mol. The van der Waals surface area contributed by atoms with Gasteiger partial charge in [0.2, 0.25) is 10.0 Å². The lowest BCUT2D eigenvalue weighted by molar-refractivity contribution is 0.192. The maximum absolute atomic E-state index is 12.0. The van der Waals surface area contributed by atoms with E-state index < -0.39 is 16.1 Å². The maximum atomic E-state index is 12.0. The minimum absolute atomic E-state index is 0.0634. The van der Waals surface area contributed by atoms with Crippen molar-refractivity contribution in [3.63, 3.8) is 0 Å². The van der Waals surface area contributed by atoms with E-state index in [2.05, 4.69) is 10.0 Å². The fourth-order valence-corrected chi connectivity index (χ4v) is 3.00. The number of hydrogen-bond donors (Lipinski definition) is 3. The molecule has 6 nitrogen and oxygen atoms in total. The maximum Gasteiger partial charge on any atom is 0.242 e. The van der Waals surface area contributed by atoms with Crippen molar-refractivity contribution >= 4 is 21.6 Å². The Hall–Kier alpha value is -1.17. The molecular formula is C12H16ClN3O3S. The molecule has 0 heterocycles. The summed E-state index contributed by atoms with van der Waals surface area (Å²) in [4.78, 5) is -0.117. The molecule has 0 aliphatic heterocycles. The highest BCUT2D eigenvalue weighted by atomic mass is 35.5. The van der Waals surface area contributed by atoms with Crippen LogP contribution in [0.3, 0.4) is 0 Å². The number of nitriles is 1. The van der Waals surface area contributed by atoms with Gasteiger partial charge >= 0.3 is 0 Å². The number of aliphatic hydroxyl groups is 1. The number of aliphatic hydroxyl groups excluding tert-OH is 1. The van der Waals surface area contributed by atoms with Crippen LogP contribution in [-0.2, 0) is 10.0 Å². The molecule has 1 rings (SSSR count). The van der Waals surface area contributed by atoms with Gasteiger partial charge in [-0.25, -0.2) is 13.1 Å². The molecule has 0 radical (unpaired) electrons.